The van der Waals surface area contributed by atoms with Crippen LogP contribution in [0.25, 0.3) is 11.0 Å². The maximum Gasteiger partial charge on any atom is 0.323 e. The van der Waals surface area contributed by atoms with Gasteiger partial charge in [0, 0.05) is 16.8 Å². The van der Waals surface area contributed by atoms with Crippen molar-refractivity contribution in [3.63, 3.8) is 0 Å². The topological polar surface area (TPSA) is 99.0 Å². The van der Waals surface area contributed by atoms with Gasteiger partial charge in [-0.1, -0.05) is 11.6 Å². The number of aromatic nitrogens is 2. The van der Waals surface area contributed by atoms with E-state index in [1.807, 2.05) is 6.92 Å². The molecule has 1 amide bonds. The summed E-state index contributed by atoms with van der Waals surface area (Å²) in [5, 5.41) is 6.52. The first kappa shape index (κ1) is 17.9. The normalized spacial score (nSPS) is 12.0. The fourth-order valence-electron chi connectivity index (χ4n) is 2.61. The predicted octanol–water partition coefficient (Wildman–Crippen LogP) is 3.27. The van der Waals surface area contributed by atoms with Crippen LogP contribution in [0.1, 0.15) is 12.5 Å². The molecule has 1 atom stereocenters. The van der Waals surface area contributed by atoms with E-state index in [1.165, 1.54) is 7.11 Å². The van der Waals surface area contributed by atoms with Crippen molar-refractivity contribution < 1.29 is 9.53 Å². The third-order valence-electron chi connectivity index (χ3n) is 4.03. The summed E-state index contributed by atoms with van der Waals surface area (Å²) >= 11 is 6.09. The Morgan fingerprint density at radius 1 is 1.19 bits per heavy atom. The van der Waals surface area contributed by atoms with Gasteiger partial charge in [0.15, 0.2) is 0 Å². The van der Waals surface area contributed by atoms with E-state index in [9.17, 15) is 9.59 Å². The number of hydrogen-bond donors (Lipinski definition) is 4. The number of H-pyrrole nitrogens is 2. The molecule has 0 radical (unpaired) electrons. The van der Waals surface area contributed by atoms with Crippen molar-refractivity contribution in [3.05, 3.63) is 51.4 Å². The van der Waals surface area contributed by atoms with Crippen LogP contribution in [-0.4, -0.2) is 29.0 Å². The van der Waals surface area contributed by atoms with Crippen molar-refractivity contribution in [3.8, 4) is 5.75 Å². The minimum absolute atomic E-state index is 0.229. The van der Waals surface area contributed by atoms with Gasteiger partial charge in [-0.2, -0.15) is 0 Å². The monoisotopic (exact) mass is 374 g/mol. The van der Waals surface area contributed by atoms with Crippen LogP contribution in [0.5, 0.6) is 5.75 Å². The molecule has 1 heterocycles. The molecule has 8 heteroatoms. The summed E-state index contributed by atoms with van der Waals surface area (Å²) in [6.45, 7) is 3.60. The molecule has 0 fully saturated rings. The van der Waals surface area contributed by atoms with Crippen molar-refractivity contribution in [1.29, 1.82) is 0 Å². The number of imidazole rings is 1. The van der Waals surface area contributed by atoms with Gasteiger partial charge in [-0.15, -0.1) is 0 Å². The van der Waals surface area contributed by atoms with Gasteiger partial charge in [0.1, 0.15) is 11.8 Å². The molecule has 3 aromatic rings. The number of fused-ring (bicyclic) bond motifs is 1. The molecule has 7 nitrogen and oxygen atoms in total. The summed E-state index contributed by atoms with van der Waals surface area (Å²) < 4.78 is 5.27. The van der Waals surface area contributed by atoms with Crippen LogP contribution in [0, 0.1) is 6.92 Å². The number of nitrogens with one attached hydrogen (secondary N) is 4. The van der Waals surface area contributed by atoms with Crippen molar-refractivity contribution in [2.45, 2.75) is 19.9 Å². The quantitative estimate of drug-likeness (QED) is 0.550. The van der Waals surface area contributed by atoms with Gasteiger partial charge >= 0.3 is 5.69 Å². The zero-order valence-corrected chi connectivity index (χ0v) is 15.3. The Bertz CT molecular complexity index is 1020. The summed E-state index contributed by atoms with van der Waals surface area (Å²) in [5.74, 6) is 0.264. The second-order valence-electron chi connectivity index (χ2n) is 6.00. The number of aromatic amines is 2. The van der Waals surface area contributed by atoms with Crippen LogP contribution in [0.3, 0.4) is 0 Å². The molecule has 3 rings (SSSR count). The number of ether oxygens (including phenoxy) is 1. The van der Waals surface area contributed by atoms with Crippen molar-refractivity contribution >= 4 is 39.9 Å². The van der Waals surface area contributed by atoms with Gasteiger partial charge in [0.2, 0.25) is 5.91 Å². The third-order valence-corrected chi connectivity index (χ3v) is 4.44. The van der Waals surface area contributed by atoms with Crippen LogP contribution in [0.4, 0.5) is 11.4 Å². The Morgan fingerprint density at radius 2 is 1.92 bits per heavy atom. The summed E-state index contributed by atoms with van der Waals surface area (Å²) in [4.78, 5) is 29.2. The molecular weight excluding hydrogens is 356 g/mol. The standard InChI is InChI=1S/C18H19ClN4O3/c1-9-6-15(16(26-3)8-12(9)19)21-17(24)10(2)20-11-4-5-13-14(7-11)23-18(25)22-13/h4-8,10,20H,1-3H3,(H,21,24)(H2,22,23,25)/t10-/m1/s1. The summed E-state index contributed by atoms with van der Waals surface area (Å²) in [7, 11) is 1.52. The average molecular weight is 375 g/mol. The van der Waals surface area contributed by atoms with E-state index < -0.39 is 6.04 Å². The first-order chi connectivity index (χ1) is 12.4. The van der Waals surface area contributed by atoms with Gasteiger partial charge in [-0.05, 0) is 43.7 Å². The number of halogens is 1. The van der Waals surface area contributed by atoms with Crippen molar-refractivity contribution in [2.75, 3.05) is 17.7 Å². The lowest BCUT2D eigenvalue weighted by Crippen LogP contribution is -2.32. The van der Waals surface area contributed by atoms with E-state index in [0.717, 1.165) is 11.3 Å². The molecule has 2 aromatic carbocycles. The Kier molecular flexibility index (Phi) is 4.90. The maximum absolute atomic E-state index is 12.5. The van der Waals surface area contributed by atoms with Crippen LogP contribution < -0.4 is 21.1 Å². The van der Waals surface area contributed by atoms with Crippen LogP contribution in [0.2, 0.25) is 5.02 Å². The van der Waals surface area contributed by atoms with E-state index in [4.69, 9.17) is 16.3 Å². The number of amides is 1. The molecule has 0 aliphatic heterocycles. The first-order valence-corrected chi connectivity index (χ1v) is 8.39. The van der Waals surface area contributed by atoms with Crippen molar-refractivity contribution in [1.82, 2.24) is 9.97 Å². The predicted molar refractivity (Wildman–Crippen MR) is 103 cm³/mol. The van der Waals surface area contributed by atoms with Crippen LogP contribution in [-0.2, 0) is 4.79 Å². The lowest BCUT2D eigenvalue weighted by Gasteiger charge is -2.17. The second-order valence-corrected chi connectivity index (χ2v) is 6.40. The molecule has 0 aliphatic rings. The minimum Gasteiger partial charge on any atom is -0.495 e. The number of rotatable bonds is 5. The van der Waals surface area contributed by atoms with E-state index in [0.29, 0.717) is 27.5 Å². The molecule has 0 aliphatic carbocycles. The molecule has 0 bridgehead atoms. The highest BCUT2D eigenvalue weighted by molar-refractivity contribution is 6.31. The SMILES string of the molecule is COc1cc(Cl)c(C)cc1NC(=O)[C@@H](C)Nc1ccc2[nH]c(=O)[nH]c2c1. The number of methoxy groups -OCH3 is 1. The molecule has 4 N–H and O–H groups in total. The van der Waals surface area contributed by atoms with Crippen LogP contribution >= 0.6 is 11.6 Å². The molecule has 136 valence electrons. The van der Waals surface area contributed by atoms with Crippen LogP contribution in [0.15, 0.2) is 35.1 Å². The highest BCUT2D eigenvalue weighted by atomic mass is 35.5. The summed E-state index contributed by atoms with van der Waals surface area (Å²) in [6.07, 6.45) is 0. The molecule has 0 saturated heterocycles. The number of anilines is 2. The smallest absolute Gasteiger partial charge is 0.323 e. The summed E-state index contributed by atoms with van der Waals surface area (Å²) in [5.41, 5.74) is 3.22. The second kappa shape index (κ2) is 7.13. The zero-order chi connectivity index (χ0) is 18.8. The van der Waals surface area contributed by atoms with Gasteiger partial charge in [-0.25, -0.2) is 4.79 Å². The summed E-state index contributed by atoms with van der Waals surface area (Å²) in [6, 6.07) is 8.25. The fraction of sp³-hybridized carbons (Fsp3) is 0.222. The zero-order valence-electron chi connectivity index (χ0n) is 14.6. The molecular formula is C18H19ClN4O3. The largest absolute Gasteiger partial charge is 0.495 e. The number of carbonyl (C=O) groups is 1. The number of aryl methyl sites for hydroxylation is 1. The van der Waals surface area contributed by atoms with Gasteiger partial charge in [0.05, 0.1) is 23.8 Å². The molecule has 0 saturated carbocycles. The number of benzene rings is 2. The highest BCUT2D eigenvalue weighted by Gasteiger charge is 2.16. The molecule has 26 heavy (non-hydrogen) atoms. The molecule has 1 aromatic heterocycles. The third kappa shape index (κ3) is 3.67. The average Bonchev–Trinajstić information content (AvgIpc) is 2.97. The molecule has 0 spiro atoms. The van der Waals surface area contributed by atoms with Crippen molar-refractivity contribution in [2.24, 2.45) is 0 Å². The van der Waals surface area contributed by atoms with E-state index in [1.54, 1.807) is 37.3 Å². The lowest BCUT2D eigenvalue weighted by molar-refractivity contribution is -0.116. The van der Waals surface area contributed by atoms with Gasteiger partial charge < -0.3 is 25.3 Å². The maximum atomic E-state index is 12.5. The fourth-order valence-corrected chi connectivity index (χ4v) is 2.76. The van der Waals surface area contributed by atoms with Gasteiger partial charge in [0.25, 0.3) is 0 Å². The minimum atomic E-state index is -0.515. The number of hydrogen-bond acceptors (Lipinski definition) is 4. The number of carbonyl (C=O) groups excluding carboxylic acids is 1. The van der Waals surface area contributed by atoms with E-state index >= 15 is 0 Å². The lowest BCUT2D eigenvalue weighted by atomic mass is 10.2. The Labute approximate surface area is 154 Å². The first-order valence-electron chi connectivity index (χ1n) is 8.01. The Hall–Kier alpha value is -2.93. The highest BCUT2D eigenvalue weighted by Crippen LogP contribution is 2.31. The Morgan fingerprint density at radius 3 is 2.65 bits per heavy atom. The van der Waals surface area contributed by atoms with Gasteiger partial charge in [-0.3, -0.25) is 4.79 Å². The van der Waals surface area contributed by atoms with E-state index in [2.05, 4.69) is 20.6 Å². The van der Waals surface area contributed by atoms with E-state index in [-0.39, 0.29) is 11.6 Å². The Balaban J connectivity index is 1.75. The molecule has 0 unspecified atom stereocenters.